The van der Waals surface area contributed by atoms with Crippen LogP contribution in [0.15, 0.2) is 48.5 Å². The van der Waals surface area contributed by atoms with Gasteiger partial charge in [0.05, 0.1) is 4.92 Å². The molecule has 0 aliphatic rings. The number of hydrogen-bond acceptors (Lipinski definition) is 4. The van der Waals surface area contributed by atoms with Crippen molar-refractivity contribution in [3.8, 4) is 0 Å². The molecule has 5 nitrogen and oxygen atoms in total. The normalized spacial score (nSPS) is 11.7. The predicted octanol–water partition coefficient (Wildman–Crippen LogP) is 3.85. The highest BCUT2D eigenvalue weighted by molar-refractivity contribution is 5.63. The Morgan fingerprint density at radius 2 is 1.81 bits per heavy atom. The van der Waals surface area contributed by atoms with Crippen LogP contribution in [0.5, 0.6) is 0 Å². The molecule has 0 fully saturated rings. The lowest BCUT2D eigenvalue weighted by Gasteiger charge is -2.14. The molecule has 2 aromatic rings. The summed E-state index contributed by atoms with van der Waals surface area (Å²) in [7, 11) is 1.75. The minimum absolute atomic E-state index is 0.0803. The maximum atomic E-state index is 10.9. The Bertz CT molecular complexity index is 614. The van der Waals surface area contributed by atoms with Gasteiger partial charge in [0, 0.05) is 37.1 Å². The molecule has 2 rings (SSSR count). The van der Waals surface area contributed by atoms with Crippen LogP contribution in [-0.4, -0.2) is 18.5 Å². The lowest BCUT2D eigenvalue weighted by atomic mass is 10.0. The molecule has 0 aromatic heterocycles. The van der Waals surface area contributed by atoms with E-state index >= 15 is 0 Å². The molecule has 0 spiro atoms. The Kier molecular flexibility index (Phi) is 4.77. The van der Waals surface area contributed by atoms with Gasteiger partial charge in [0.2, 0.25) is 0 Å². The van der Waals surface area contributed by atoms with Crippen molar-refractivity contribution in [3.63, 3.8) is 0 Å². The van der Waals surface area contributed by atoms with Crippen LogP contribution in [0.2, 0.25) is 0 Å². The van der Waals surface area contributed by atoms with Crippen LogP contribution in [0.4, 0.5) is 17.1 Å². The zero-order chi connectivity index (χ0) is 15.2. The Hall–Kier alpha value is -2.56. The van der Waals surface area contributed by atoms with Crippen molar-refractivity contribution in [2.24, 2.45) is 0 Å². The Labute approximate surface area is 124 Å². The first kappa shape index (κ1) is 14.8. The standard InChI is InChI=1S/C16H19N3O2/c1-12(13-6-4-3-5-7-13)11-18-15-8-14(17-2)9-16(10-15)19(20)21/h3-10,12,17-18H,11H2,1-2H3. The zero-order valence-corrected chi connectivity index (χ0v) is 12.2. The first-order valence-corrected chi connectivity index (χ1v) is 6.86. The number of nitrogens with one attached hydrogen (secondary N) is 2. The number of rotatable bonds is 6. The van der Waals surface area contributed by atoms with Crippen molar-refractivity contribution in [2.45, 2.75) is 12.8 Å². The number of nitro benzene ring substituents is 1. The van der Waals surface area contributed by atoms with Crippen molar-refractivity contribution < 1.29 is 4.92 Å². The van der Waals surface area contributed by atoms with E-state index in [4.69, 9.17) is 0 Å². The molecule has 1 atom stereocenters. The molecule has 2 N–H and O–H groups in total. The van der Waals surface area contributed by atoms with E-state index in [2.05, 4.69) is 29.7 Å². The van der Waals surface area contributed by atoms with E-state index in [1.165, 1.54) is 11.6 Å². The summed E-state index contributed by atoms with van der Waals surface area (Å²) >= 11 is 0. The predicted molar refractivity (Wildman–Crippen MR) is 86.0 cm³/mol. The fourth-order valence-corrected chi connectivity index (χ4v) is 2.13. The van der Waals surface area contributed by atoms with Crippen molar-refractivity contribution >= 4 is 17.1 Å². The van der Waals surface area contributed by atoms with E-state index in [1.54, 1.807) is 13.1 Å². The van der Waals surface area contributed by atoms with Gasteiger partial charge in [0.1, 0.15) is 0 Å². The lowest BCUT2D eigenvalue weighted by molar-refractivity contribution is -0.384. The monoisotopic (exact) mass is 285 g/mol. The van der Waals surface area contributed by atoms with E-state index < -0.39 is 0 Å². The number of nitro groups is 1. The van der Waals surface area contributed by atoms with E-state index in [0.29, 0.717) is 12.5 Å². The number of nitrogens with zero attached hydrogens (tertiary/aromatic N) is 1. The van der Waals surface area contributed by atoms with Gasteiger partial charge < -0.3 is 10.6 Å². The minimum Gasteiger partial charge on any atom is -0.388 e. The van der Waals surface area contributed by atoms with Gasteiger partial charge in [-0.05, 0) is 17.5 Å². The largest absolute Gasteiger partial charge is 0.388 e. The van der Waals surface area contributed by atoms with Crippen LogP contribution < -0.4 is 10.6 Å². The van der Waals surface area contributed by atoms with Crippen LogP contribution >= 0.6 is 0 Å². The zero-order valence-electron chi connectivity index (χ0n) is 12.2. The number of anilines is 2. The average molecular weight is 285 g/mol. The van der Waals surface area contributed by atoms with Crippen LogP contribution in [-0.2, 0) is 0 Å². The molecule has 0 aliphatic heterocycles. The number of hydrogen-bond donors (Lipinski definition) is 2. The van der Waals surface area contributed by atoms with Gasteiger partial charge in [-0.25, -0.2) is 0 Å². The third-order valence-electron chi connectivity index (χ3n) is 3.40. The van der Waals surface area contributed by atoms with E-state index in [9.17, 15) is 10.1 Å². The maximum absolute atomic E-state index is 10.9. The quantitative estimate of drug-likeness (QED) is 0.625. The Morgan fingerprint density at radius 1 is 1.14 bits per heavy atom. The first-order chi connectivity index (χ1) is 10.1. The molecule has 1 unspecified atom stereocenters. The van der Waals surface area contributed by atoms with Crippen LogP contribution in [0.1, 0.15) is 18.4 Å². The van der Waals surface area contributed by atoms with E-state index in [1.807, 2.05) is 24.3 Å². The summed E-state index contributed by atoms with van der Waals surface area (Å²) in [5.41, 5.74) is 2.79. The topological polar surface area (TPSA) is 67.2 Å². The Morgan fingerprint density at radius 3 is 2.43 bits per heavy atom. The first-order valence-electron chi connectivity index (χ1n) is 6.86. The molecule has 0 saturated carbocycles. The fraction of sp³-hybridized carbons (Fsp3) is 0.250. The van der Waals surface area contributed by atoms with Crippen LogP contribution in [0.25, 0.3) is 0 Å². The molecule has 0 heterocycles. The lowest BCUT2D eigenvalue weighted by Crippen LogP contribution is -2.10. The molecule has 0 saturated heterocycles. The molecule has 0 amide bonds. The summed E-state index contributed by atoms with van der Waals surface area (Å²) in [5, 5.41) is 17.1. The summed E-state index contributed by atoms with van der Waals surface area (Å²) in [4.78, 5) is 10.5. The smallest absolute Gasteiger partial charge is 0.273 e. The van der Waals surface area contributed by atoms with E-state index in [-0.39, 0.29) is 10.6 Å². The van der Waals surface area contributed by atoms with Crippen molar-refractivity contribution in [3.05, 3.63) is 64.2 Å². The van der Waals surface area contributed by atoms with Gasteiger partial charge in [0.25, 0.3) is 5.69 Å². The second kappa shape index (κ2) is 6.74. The molecule has 21 heavy (non-hydrogen) atoms. The summed E-state index contributed by atoms with van der Waals surface area (Å²) in [6.45, 7) is 2.84. The van der Waals surface area contributed by atoms with Gasteiger partial charge in [-0.3, -0.25) is 10.1 Å². The molecule has 0 radical (unpaired) electrons. The number of benzene rings is 2. The van der Waals surface area contributed by atoms with E-state index in [0.717, 1.165) is 11.4 Å². The van der Waals surface area contributed by atoms with Crippen LogP contribution in [0.3, 0.4) is 0 Å². The van der Waals surface area contributed by atoms with Gasteiger partial charge in [-0.15, -0.1) is 0 Å². The Balaban J connectivity index is 2.09. The minimum atomic E-state index is -0.382. The van der Waals surface area contributed by atoms with Gasteiger partial charge >= 0.3 is 0 Å². The highest BCUT2D eigenvalue weighted by Gasteiger charge is 2.10. The SMILES string of the molecule is CNc1cc(NCC(C)c2ccccc2)cc([N+](=O)[O-])c1. The molecule has 110 valence electrons. The third kappa shape index (κ3) is 3.95. The van der Waals surface area contributed by atoms with Gasteiger partial charge in [-0.1, -0.05) is 37.3 Å². The number of non-ortho nitro benzene ring substituents is 1. The molecule has 5 heteroatoms. The third-order valence-corrected chi connectivity index (χ3v) is 3.40. The summed E-state index contributed by atoms with van der Waals surface area (Å²) < 4.78 is 0. The van der Waals surface area contributed by atoms with Crippen LogP contribution in [0, 0.1) is 10.1 Å². The van der Waals surface area contributed by atoms with Gasteiger partial charge in [0.15, 0.2) is 0 Å². The second-order valence-electron chi connectivity index (χ2n) is 4.97. The van der Waals surface area contributed by atoms with Crippen molar-refractivity contribution in [2.75, 3.05) is 24.2 Å². The molecular formula is C16H19N3O2. The highest BCUT2D eigenvalue weighted by atomic mass is 16.6. The molecule has 0 aliphatic carbocycles. The summed E-state index contributed by atoms with van der Waals surface area (Å²) in [6.07, 6.45) is 0. The van der Waals surface area contributed by atoms with Gasteiger partial charge in [-0.2, -0.15) is 0 Å². The molecular weight excluding hydrogens is 266 g/mol. The summed E-state index contributed by atoms with van der Waals surface area (Å²) in [5.74, 6) is 0.323. The van der Waals surface area contributed by atoms with Crippen molar-refractivity contribution in [1.29, 1.82) is 0 Å². The molecule has 0 bridgehead atoms. The molecule has 2 aromatic carbocycles. The second-order valence-corrected chi connectivity index (χ2v) is 4.97. The fourth-order valence-electron chi connectivity index (χ4n) is 2.13. The highest BCUT2D eigenvalue weighted by Crippen LogP contribution is 2.25. The average Bonchev–Trinajstić information content (AvgIpc) is 2.53. The van der Waals surface area contributed by atoms with Crippen molar-refractivity contribution in [1.82, 2.24) is 0 Å². The maximum Gasteiger partial charge on any atom is 0.273 e. The summed E-state index contributed by atoms with van der Waals surface area (Å²) in [6, 6.07) is 15.1.